The Bertz CT molecular complexity index is 1540. The maximum atomic E-state index is 15.7. The fraction of sp³-hybridized carbons (Fsp3) is 0.562. The third kappa shape index (κ3) is 6.95. The van der Waals surface area contributed by atoms with Gasteiger partial charge >= 0.3 is 12.2 Å². The van der Waals surface area contributed by atoms with Crippen LogP contribution in [-0.2, 0) is 9.47 Å². The molecule has 0 radical (unpaired) electrons. The summed E-state index contributed by atoms with van der Waals surface area (Å²) in [5.74, 6) is -1.30. The van der Waals surface area contributed by atoms with E-state index in [0.717, 1.165) is 0 Å². The van der Waals surface area contributed by atoms with Gasteiger partial charge in [-0.2, -0.15) is 0 Å². The van der Waals surface area contributed by atoms with Crippen LogP contribution in [0.1, 0.15) is 65.2 Å². The molecule has 5 rings (SSSR count). The molecule has 0 aliphatic carbocycles. The zero-order valence-corrected chi connectivity index (χ0v) is 27.8. The van der Waals surface area contributed by atoms with Crippen LogP contribution in [0.4, 0.5) is 19.8 Å². The highest BCUT2D eigenvalue weighted by molar-refractivity contribution is 6.35. The number of β-amino-alcohol motifs (C(OH)–C–C–N with tert-alkyl or cyclic N) is 1. The number of aliphatic hydroxyl groups excluding tert-OH is 1. The maximum Gasteiger partial charge on any atom is 0.514 e. The molecule has 46 heavy (non-hydrogen) atoms. The number of carbonyl (C=O) groups excluding carboxylic acids is 3. The molecule has 12 nitrogen and oxygen atoms in total. The molecule has 2 saturated heterocycles. The SMILES string of the molecule is C[C@H]1C[C@H](O)CN1c1nc(-c2c(F)cccc2OC(=O)OC(C)(C)C)c(Cl)c2c1C(=O)N1CCN(C(=O)OC(C)(C)C)C[C@@H]1CO2. The van der Waals surface area contributed by atoms with Gasteiger partial charge in [0, 0.05) is 32.2 Å². The first kappa shape index (κ1) is 33.5. The van der Waals surface area contributed by atoms with Gasteiger partial charge in [0.1, 0.15) is 51.5 Å². The number of benzene rings is 1. The van der Waals surface area contributed by atoms with Crippen molar-refractivity contribution in [3.8, 4) is 22.8 Å². The quantitative estimate of drug-likeness (QED) is 0.343. The lowest BCUT2D eigenvalue weighted by Crippen LogP contribution is -2.58. The monoisotopic (exact) mass is 662 g/mol. The summed E-state index contributed by atoms with van der Waals surface area (Å²) in [4.78, 5) is 49.4. The summed E-state index contributed by atoms with van der Waals surface area (Å²) < 4.78 is 38.2. The average molecular weight is 663 g/mol. The van der Waals surface area contributed by atoms with Crippen molar-refractivity contribution in [1.82, 2.24) is 14.8 Å². The van der Waals surface area contributed by atoms with Crippen LogP contribution < -0.4 is 14.4 Å². The van der Waals surface area contributed by atoms with Crippen molar-refractivity contribution in [3.63, 3.8) is 0 Å². The summed E-state index contributed by atoms with van der Waals surface area (Å²) in [5.41, 5.74) is -1.86. The number of aliphatic hydroxyl groups is 1. The highest BCUT2D eigenvalue weighted by Crippen LogP contribution is 2.47. The Morgan fingerprint density at radius 1 is 1.04 bits per heavy atom. The molecule has 4 heterocycles. The molecule has 0 unspecified atom stereocenters. The zero-order chi connectivity index (χ0) is 33.7. The predicted octanol–water partition coefficient (Wildman–Crippen LogP) is 5.27. The van der Waals surface area contributed by atoms with Crippen LogP contribution in [0.2, 0.25) is 5.02 Å². The van der Waals surface area contributed by atoms with Gasteiger partial charge in [0.05, 0.1) is 17.7 Å². The van der Waals surface area contributed by atoms with E-state index in [0.29, 0.717) is 6.42 Å². The van der Waals surface area contributed by atoms with Gasteiger partial charge in [0.2, 0.25) is 0 Å². The zero-order valence-electron chi connectivity index (χ0n) is 27.1. The van der Waals surface area contributed by atoms with E-state index in [1.54, 1.807) is 51.3 Å². The Morgan fingerprint density at radius 3 is 2.37 bits per heavy atom. The molecular formula is C32H40ClFN4O8. The van der Waals surface area contributed by atoms with Gasteiger partial charge in [0.15, 0.2) is 5.75 Å². The summed E-state index contributed by atoms with van der Waals surface area (Å²) >= 11 is 6.93. The molecule has 1 aromatic heterocycles. The number of hydrogen-bond donors (Lipinski definition) is 1. The van der Waals surface area contributed by atoms with Crippen LogP contribution >= 0.6 is 11.6 Å². The van der Waals surface area contributed by atoms with E-state index in [1.807, 2.05) is 6.92 Å². The highest BCUT2D eigenvalue weighted by atomic mass is 35.5. The lowest BCUT2D eigenvalue weighted by Gasteiger charge is -2.40. The number of nitrogens with zero attached hydrogens (tertiary/aromatic N) is 4. The standard InChI is InChI=1S/C32H40ClFN4O8/c1-17-13-19(39)15-38(17)27-23-26(43-16-18-14-36(11-12-37(18)28(23)40)29(41)45-31(2,3)4)24(33)25(35-27)22-20(34)9-8-10-21(22)44-30(42)46-32(5,6)7/h8-10,17-19,39H,11-16H2,1-7H3/t17-,18+,19-/m0/s1. The van der Waals surface area contributed by atoms with E-state index in [-0.39, 0.29) is 78.0 Å². The summed E-state index contributed by atoms with van der Waals surface area (Å²) in [7, 11) is 0. The Morgan fingerprint density at radius 2 is 1.74 bits per heavy atom. The van der Waals surface area contributed by atoms with E-state index in [2.05, 4.69) is 0 Å². The molecule has 3 aliphatic heterocycles. The van der Waals surface area contributed by atoms with Crippen LogP contribution in [0.15, 0.2) is 18.2 Å². The molecular weight excluding hydrogens is 623 g/mol. The number of halogens is 2. The van der Waals surface area contributed by atoms with E-state index >= 15 is 4.39 Å². The Labute approximate surface area is 272 Å². The van der Waals surface area contributed by atoms with Crippen LogP contribution in [0.3, 0.4) is 0 Å². The van der Waals surface area contributed by atoms with E-state index < -0.39 is 47.3 Å². The van der Waals surface area contributed by atoms with Crippen molar-refractivity contribution in [2.45, 2.75) is 84.3 Å². The molecule has 0 saturated carbocycles. The first-order valence-electron chi connectivity index (χ1n) is 15.2. The molecule has 2 fully saturated rings. The third-order valence-corrected chi connectivity index (χ3v) is 8.08. The van der Waals surface area contributed by atoms with Crippen molar-refractivity contribution in [1.29, 1.82) is 0 Å². The van der Waals surface area contributed by atoms with Crippen molar-refractivity contribution >= 4 is 35.6 Å². The summed E-state index contributed by atoms with van der Waals surface area (Å²) in [6, 6.07) is 3.12. The second kappa shape index (κ2) is 12.4. The minimum atomic E-state index is -1.06. The molecule has 1 aromatic carbocycles. The van der Waals surface area contributed by atoms with Crippen LogP contribution in [0.25, 0.3) is 11.3 Å². The van der Waals surface area contributed by atoms with Gasteiger partial charge in [-0.15, -0.1) is 0 Å². The lowest BCUT2D eigenvalue weighted by molar-refractivity contribution is 0.000935. The smallest absolute Gasteiger partial charge is 0.489 e. The second-order valence-corrected chi connectivity index (χ2v) is 14.1. The summed E-state index contributed by atoms with van der Waals surface area (Å²) in [6.45, 7) is 12.9. The number of fused-ring (bicyclic) bond motifs is 2. The normalized spacial score (nSPS) is 21.7. The van der Waals surface area contributed by atoms with Crippen molar-refractivity contribution in [3.05, 3.63) is 34.6 Å². The molecule has 1 N–H and O–H groups in total. The summed E-state index contributed by atoms with van der Waals surface area (Å²) in [5, 5.41) is 10.4. The molecule has 0 bridgehead atoms. The molecule has 14 heteroatoms. The van der Waals surface area contributed by atoms with E-state index in [1.165, 1.54) is 23.1 Å². The van der Waals surface area contributed by atoms with E-state index in [9.17, 15) is 19.5 Å². The van der Waals surface area contributed by atoms with Crippen LogP contribution in [0.5, 0.6) is 11.5 Å². The van der Waals surface area contributed by atoms with Gasteiger partial charge in [0.25, 0.3) is 5.91 Å². The number of pyridine rings is 1. The maximum absolute atomic E-state index is 15.7. The number of carbonyl (C=O) groups is 3. The minimum Gasteiger partial charge on any atom is -0.489 e. The third-order valence-electron chi connectivity index (χ3n) is 7.72. The van der Waals surface area contributed by atoms with Crippen molar-refractivity contribution in [2.75, 3.05) is 37.7 Å². The molecule has 0 spiro atoms. The number of aromatic nitrogens is 1. The molecule has 2 aromatic rings. The molecule has 3 atom stereocenters. The molecule has 2 amide bonds. The number of piperazine rings is 1. The Hall–Kier alpha value is -3.84. The van der Waals surface area contributed by atoms with Gasteiger partial charge in [-0.05, 0) is 67.0 Å². The average Bonchev–Trinajstić information content (AvgIpc) is 3.19. The minimum absolute atomic E-state index is 0.0232. The fourth-order valence-corrected chi connectivity index (χ4v) is 6.08. The Kier molecular flexibility index (Phi) is 9.04. The first-order valence-corrected chi connectivity index (χ1v) is 15.6. The number of rotatable bonds is 3. The van der Waals surface area contributed by atoms with Crippen LogP contribution in [-0.4, -0.2) is 100 Å². The number of amides is 2. The Balaban J connectivity index is 1.60. The number of anilines is 1. The second-order valence-electron chi connectivity index (χ2n) is 13.8. The molecule has 3 aliphatic rings. The predicted molar refractivity (Wildman–Crippen MR) is 167 cm³/mol. The van der Waals surface area contributed by atoms with Gasteiger partial charge in [-0.3, -0.25) is 4.79 Å². The van der Waals surface area contributed by atoms with Crippen LogP contribution in [0, 0.1) is 5.82 Å². The van der Waals surface area contributed by atoms with Gasteiger partial charge in [-0.25, -0.2) is 19.0 Å². The van der Waals surface area contributed by atoms with Crippen molar-refractivity contribution in [2.24, 2.45) is 0 Å². The van der Waals surface area contributed by atoms with Gasteiger partial charge < -0.3 is 38.8 Å². The fourth-order valence-electron chi connectivity index (χ4n) is 5.79. The largest absolute Gasteiger partial charge is 0.514 e. The number of hydrogen-bond acceptors (Lipinski definition) is 10. The lowest BCUT2D eigenvalue weighted by atomic mass is 10.0. The summed E-state index contributed by atoms with van der Waals surface area (Å²) in [6.07, 6.45) is -1.84. The molecule has 250 valence electrons. The topological polar surface area (TPSA) is 131 Å². The first-order chi connectivity index (χ1) is 21.4. The number of ether oxygens (including phenoxy) is 4. The van der Waals surface area contributed by atoms with E-state index in [4.69, 9.17) is 35.5 Å². The highest BCUT2D eigenvalue weighted by Gasteiger charge is 2.43. The van der Waals surface area contributed by atoms with Crippen molar-refractivity contribution < 1.29 is 42.8 Å². The van der Waals surface area contributed by atoms with Gasteiger partial charge in [-0.1, -0.05) is 17.7 Å².